The molecule has 2 aromatic carbocycles. The number of ether oxygens (including phenoxy) is 2. The van der Waals surface area contributed by atoms with Crippen molar-refractivity contribution in [2.24, 2.45) is 15.8 Å². The number of aliphatic imine (C=N–C) groups is 1. The summed E-state index contributed by atoms with van der Waals surface area (Å²) in [6.07, 6.45) is 5.91. The number of carbonyl (C=O) groups excluding carboxylic acids is 1. The van der Waals surface area contributed by atoms with Crippen molar-refractivity contribution < 1.29 is 14.3 Å². The third kappa shape index (κ3) is 5.21. The van der Waals surface area contributed by atoms with Crippen LogP contribution in [0.3, 0.4) is 0 Å². The maximum Gasteiger partial charge on any atom is 0.409 e. The lowest BCUT2D eigenvalue weighted by molar-refractivity contribution is 0.111. The molecule has 36 heavy (non-hydrogen) atoms. The standard InChI is InChI=1S/C31H38N2O3/c1-4-35-29(34)33-21-30(3,31(22-33)15-16-31)20-25-10-12-27(13-11-25)36-17-14-28-23(2)18-26(32-28)19-24-8-6-5-7-9-24/h5-13H,4,14-22H2,1-3H3. The summed E-state index contributed by atoms with van der Waals surface area (Å²) in [5.41, 5.74) is 6.73. The fourth-order valence-corrected chi connectivity index (χ4v) is 6.06. The number of hydrogen-bond donors (Lipinski definition) is 0. The molecule has 1 unspecified atom stereocenters. The van der Waals surface area contributed by atoms with Crippen LogP contribution in [0.5, 0.6) is 5.75 Å². The molecule has 0 N–H and O–H groups in total. The fraction of sp³-hybridized carbons (Fsp3) is 0.484. The van der Waals surface area contributed by atoms with Gasteiger partial charge in [0.05, 0.1) is 13.2 Å². The highest BCUT2D eigenvalue weighted by atomic mass is 16.6. The van der Waals surface area contributed by atoms with Gasteiger partial charge in [0.25, 0.3) is 0 Å². The van der Waals surface area contributed by atoms with E-state index in [1.165, 1.54) is 41.0 Å². The Morgan fingerprint density at radius 2 is 1.78 bits per heavy atom. The Balaban J connectivity index is 1.12. The van der Waals surface area contributed by atoms with Crippen LogP contribution in [-0.4, -0.2) is 43.0 Å². The molecular formula is C31H38N2O3. The van der Waals surface area contributed by atoms with E-state index in [-0.39, 0.29) is 16.9 Å². The highest BCUT2D eigenvalue weighted by Crippen LogP contribution is 2.63. The topological polar surface area (TPSA) is 51.1 Å². The minimum absolute atomic E-state index is 0.0874. The molecule has 2 aliphatic heterocycles. The molecule has 1 saturated heterocycles. The monoisotopic (exact) mass is 486 g/mol. The van der Waals surface area contributed by atoms with E-state index in [9.17, 15) is 4.79 Å². The van der Waals surface area contributed by atoms with Gasteiger partial charge >= 0.3 is 6.09 Å². The Morgan fingerprint density at radius 1 is 1.03 bits per heavy atom. The first-order valence-electron chi connectivity index (χ1n) is 13.3. The van der Waals surface area contributed by atoms with Crippen LogP contribution >= 0.6 is 0 Å². The molecule has 1 aliphatic carbocycles. The maximum absolute atomic E-state index is 12.3. The minimum atomic E-state index is -0.166. The smallest absolute Gasteiger partial charge is 0.409 e. The molecule has 2 heterocycles. The highest BCUT2D eigenvalue weighted by molar-refractivity contribution is 5.91. The van der Waals surface area contributed by atoms with Gasteiger partial charge in [0.2, 0.25) is 0 Å². The molecule has 3 aliphatic rings. The summed E-state index contributed by atoms with van der Waals surface area (Å²) >= 11 is 0. The number of rotatable bonds is 9. The van der Waals surface area contributed by atoms with Gasteiger partial charge < -0.3 is 14.4 Å². The quantitative estimate of drug-likeness (QED) is 0.400. The first-order valence-corrected chi connectivity index (χ1v) is 13.3. The summed E-state index contributed by atoms with van der Waals surface area (Å²) in [6.45, 7) is 9.05. The zero-order valence-corrected chi connectivity index (χ0v) is 21.9. The van der Waals surface area contributed by atoms with Crippen LogP contribution in [0.25, 0.3) is 0 Å². The molecule has 0 aromatic heterocycles. The molecule has 1 saturated carbocycles. The second kappa shape index (κ2) is 10.1. The second-order valence-corrected chi connectivity index (χ2v) is 11.1. The van der Waals surface area contributed by atoms with E-state index >= 15 is 0 Å². The van der Waals surface area contributed by atoms with Crippen LogP contribution in [0.1, 0.15) is 57.6 Å². The number of benzene rings is 2. The Morgan fingerprint density at radius 3 is 2.47 bits per heavy atom. The Bertz CT molecular complexity index is 1150. The van der Waals surface area contributed by atoms with Crippen molar-refractivity contribution in [3.63, 3.8) is 0 Å². The predicted octanol–water partition coefficient (Wildman–Crippen LogP) is 6.62. The molecule has 2 aromatic rings. The minimum Gasteiger partial charge on any atom is -0.493 e. The van der Waals surface area contributed by atoms with E-state index in [2.05, 4.69) is 68.4 Å². The largest absolute Gasteiger partial charge is 0.493 e. The zero-order chi connectivity index (χ0) is 25.2. The molecule has 1 spiro atoms. The Hall–Kier alpha value is -3.08. The first kappa shape index (κ1) is 24.6. The summed E-state index contributed by atoms with van der Waals surface area (Å²) < 4.78 is 11.4. The van der Waals surface area contributed by atoms with Crippen molar-refractivity contribution in [2.45, 2.75) is 59.3 Å². The van der Waals surface area contributed by atoms with Crippen LogP contribution in [-0.2, 0) is 17.6 Å². The van der Waals surface area contributed by atoms with E-state index in [0.29, 0.717) is 13.2 Å². The lowest BCUT2D eigenvalue weighted by Gasteiger charge is -2.30. The molecule has 5 nitrogen and oxygen atoms in total. The number of allylic oxidation sites excluding steroid dienone is 1. The lowest BCUT2D eigenvalue weighted by atomic mass is 9.73. The van der Waals surface area contributed by atoms with E-state index in [4.69, 9.17) is 14.5 Å². The van der Waals surface area contributed by atoms with Crippen LogP contribution in [0.4, 0.5) is 4.79 Å². The lowest BCUT2D eigenvalue weighted by Crippen LogP contribution is -2.33. The third-order valence-electron chi connectivity index (χ3n) is 8.32. The second-order valence-electron chi connectivity index (χ2n) is 11.1. The molecular weight excluding hydrogens is 448 g/mol. The van der Waals surface area contributed by atoms with E-state index in [1.807, 2.05) is 11.8 Å². The normalized spacial score (nSPS) is 22.2. The van der Waals surface area contributed by atoms with Gasteiger partial charge in [-0.15, -0.1) is 0 Å². The van der Waals surface area contributed by atoms with Gasteiger partial charge in [0.1, 0.15) is 5.75 Å². The van der Waals surface area contributed by atoms with Gasteiger partial charge in [-0.05, 0) is 72.8 Å². The van der Waals surface area contributed by atoms with Crippen LogP contribution < -0.4 is 4.74 Å². The maximum atomic E-state index is 12.3. The van der Waals surface area contributed by atoms with Gasteiger partial charge in [-0.25, -0.2) is 4.79 Å². The molecule has 2 fully saturated rings. The van der Waals surface area contributed by atoms with Crippen molar-refractivity contribution in [2.75, 3.05) is 26.3 Å². The summed E-state index contributed by atoms with van der Waals surface area (Å²) in [5, 5.41) is 0. The molecule has 1 amide bonds. The average molecular weight is 487 g/mol. The Labute approximate surface area is 215 Å². The summed E-state index contributed by atoms with van der Waals surface area (Å²) in [4.78, 5) is 19.2. The fourth-order valence-electron chi connectivity index (χ4n) is 6.06. The van der Waals surface area contributed by atoms with E-state index in [1.54, 1.807) is 0 Å². The number of amides is 1. The van der Waals surface area contributed by atoms with Gasteiger partial charge in [-0.3, -0.25) is 4.99 Å². The van der Waals surface area contributed by atoms with Gasteiger partial charge in [0, 0.05) is 43.8 Å². The van der Waals surface area contributed by atoms with Crippen LogP contribution in [0, 0.1) is 10.8 Å². The highest BCUT2D eigenvalue weighted by Gasteiger charge is 2.62. The number of likely N-dealkylation sites (tertiary alicyclic amines) is 1. The summed E-state index contributed by atoms with van der Waals surface area (Å²) in [6, 6.07) is 19.1. The molecule has 190 valence electrons. The van der Waals surface area contributed by atoms with Gasteiger partial charge in [-0.2, -0.15) is 0 Å². The third-order valence-corrected chi connectivity index (χ3v) is 8.32. The van der Waals surface area contributed by atoms with Crippen molar-refractivity contribution >= 4 is 11.8 Å². The van der Waals surface area contributed by atoms with Crippen molar-refractivity contribution in [1.29, 1.82) is 0 Å². The van der Waals surface area contributed by atoms with Crippen molar-refractivity contribution in [1.82, 2.24) is 4.90 Å². The number of carbonyl (C=O) groups is 1. The van der Waals surface area contributed by atoms with Crippen molar-refractivity contribution in [3.05, 3.63) is 77.0 Å². The average Bonchev–Trinajstić information content (AvgIpc) is 3.50. The van der Waals surface area contributed by atoms with Crippen LogP contribution in [0.2, 0.25) is 0 Å². The summed E-state index contributed by atoms with van der Waals surface area (Å²) in [7, 11) is 0. The molecule has 0 radical (unpaired) electrons. The molecule has 1 atom stereocenters. The number of hydrogen-bond acceptors (Lipinski definition) is 4. The predicted molar refractivity (Wildman–Crippen MR) is 144 cm³/mol. The van der Waals surface area contributed by atoms with E-state index in [0.717, 1.165) is 44.5 Å². The molecule has 5 rings (SSSR count). The first-order chi connectivity index (χ1) is 17.4. The van der Waals surface area contributed by atoms with Crippen molar-refractivity contribution in [3.8, 4) is 5.75 Å². The van der Waals surface area contributed by atoms with Crippen LogP contribution in [0.15, 0.2) is 70.9 Å². The molecule has 0 bridgehead atoms. The Kier molecular flexibility index (Phi) is 6.92. The SMILES string of the molecule is CCOC(=O)N1CC(C)(Cc2ccc(OCCC3=C(C)CC(Cc4ccccc4)=N3)cc2)C2(CC2)C1. The summed E-state index contributed by atoms with van der Waals surface area (Å²) in [5.74, 6) is 0.898. The van der Waals surface area contributed by atoms with E-state index < -0.39 is 0 Å². The van der Waals surface area contributed by atoms with Gasteiger partial charge in [0.15, 0.2) is 0 Å². The zero-order valence-electron chi connectivity index (χ0n) is 21.9. The van der Waals surface area contributed by atoms with Gasteiger partial charge in [-0.1, -0.05) is 49.4 Å². The molecule has 5 heteroatoms. The number of nitrogens with zero attached hydrogens (tertiary/aromatic N) is 2.